The molecule has 0 atom stereocenters. The molecule has 4 nitrogen and oxygen atoms in total. The molecule has 19 heavy (non-hydrogen) atoms. The Hall–Kier alpha value is -2.14. The van der Waals surface area contributed by atoms with Gasteiger partial charge in [0.25, 0.3) is 0 Å². The molecule has 1 N–H and O–H groups in total. The quantitative estimate of drug-likeness (QED) is 0.852. The van der Waals surface area contributed by atoms with Gasteiger partial charge in [-0.3, -0.25) is 0 Å². The predicted molar refractivity (Wildman–Crippen MR) is 74.3 cm³/mol. The van der Waals surface area contributed by atoms with Crippen LogP contribution in [0, 0.1) is 6.92 Å². The molecule has 5 heteroatoms. The Kier molecular flexibility index (Phi) is 4.30. The van der Waals surface area contributed by atoms with Crippen molar-refractivity contribution < 1.29 is 14.6 Å². The van der Waals surface area contributed by atoms with Crippen LogP contribution in [0.25, 0.3) is 6.08 Å². The van der Waals surface area contributed by atoms with Crippen molar-refractivity contribution in [2.24, 2.45) is 0 Å². The Bertz CT molecular complexity index is 587. The fourth-order valence-corrected chi connectivity index (χ4v) is 2.14. The zero-order chi connectivity index (χ0) is 13.7. The monoisotopic (exact) mass is 275 g/mol. The Morgan fingerprint density at radius 3 is 2.84 bits per heavy atom. The zero-order valence-corrected chi connectivity index (χ0v) is 11.2. The summed E-state index contributed by atoms with van der Waals surface area (Å²) in [6, 6.07) is 7.79. The van der Waals surface area contributed by atoms with Gasteiger partial charge in [-0.25, -0.2) is 9.78 Å². The maximum absolute atomic E-state index is 10.4. The Labute approximate surface area is 115 Å². The van der Waals surface area contributed by atoms with Crippen LogP contribution >= 0.6 is 11.3 Å². The summed E-state index contributed by atoms with van der Waals surface area (Å²) >= 11 is 1.41. The number of carbonyl (C=O) groups is 1. The molecule has 0 bridgehead atoms. The molecule has 98 valence electrons. The molecular formula is C14H13NO3S. The summed E-state index contributed by atoms with van der Waals surface area (Å²) in [7, 11) is 0. The van der Waals surface area contributed by atoms with Gasteiger partial charge in [-0.05, 0) is 25.1 Å². The molecule has 1 aromatic heterocycles. The lowest BCUT2D eigenvalue weighted by Gasteiger charge is -2.03. The van der Waals surface area contributed by atoms with Crippen LogP contribution < -0.4 is 4.74 Å². The molecule has 0 aliphatic rings. The van der Waals surface area contributed by atoms with Crippen molar-refractivity contribution in [3.8, 4) is 5.75 Å². The number of rotatable bonds is 5. The lowest BCUT2D eigenvalue weighted by molar-refractivity contribution is -0.131. The van der Waals surface area contributed by atoms with Gasteiger partial charge in [0, 0.05) is 17.2 Å². The molecule has 0 unspecified atom stereocenters. The van der Waals surface area contributed by atoms with Crippen LogP contribution in [0.3, 0.4) is 0 Å². The standard InChI is InChI=1S/C14H13NO3S/c1-10-2-4-11(5-3-10)18-9-13-15-8-12(19-13)6-7-14(16)17/h2-8H,9H2,1H3,(H,16,17)/b7-6+. The SMILES string of the molecule is Cc1ccc(OCc2ncc(/C=C/C(=O)O)s2)cc1. The average molecular weight is 275 g/mol. The highest BCUT2D eigenvalue weighted by Crippen LogP contribution is 2.18. The molecule has 0 saturated carbocycles. The number of carboxylic acid groups (broad SMARTS) is 1. The number of benzene rings is 1. The normalized spacial score (nSPS) is 10.8. The molecule has 0 aliphatic heterocycles. The number of thiazole rings is 1. The molecule has 0 radical (unpaired) electrons. The number of aliphatic carboxylic acids is 1. The summed E-state index contributed by atoms with van der Waals surface area (Å²) in [6.07, 6.45) is 4.26. The highest BCUT2D eigenvalue weighted by Gasteiger charge is 2.01. The van der Waals surface area contributed by atoms with Crippen molar-refractivity contribution in [3.63, 3.8) is 0 Å². The van der Waals surface area contributed by atoms with Crippen LogP contribution in [0.15, 0.2) is 36.5 Å². The lowest BCUT2D eigenvalue weighted by atomic mass is 10.2. The number of carboxylic acids is 1. The van der Waals surface area contributed by atoms with Crippen molar-refractivity contribution >= 4 is 23.4 Å². The van der Waals surface area contributed by atoms with E-state index < -0.39 is 5.97 Å². The number of aromatic nitrogens is 1. The van der Waals surface area contributed by atoms with Gasteiger partial charge in [0.1, 0.15) is 17.4 Å². The summed E-state index contributed by atoms with van der Waals surface area (Å²) in [4.78, 5) is 15.4. The topological polar surface area (TPSA) is 59.4 Å². The van der Waals surface area contributed by atoms with Crippen molar-refractivity contribution in [3.05, 3.63) is 52.0 Å². The number of aryl methyl sites for hydroxylation is 1. The van der Waals surface area contributed by atoms with E-state index in [4.69, 9.17) is 9.84 Å². The van der Waals surface area contributed by atoms with Gasteiger partial charge in [-0.1, -0.05) is 17.7 Å². The van der Waals surface area contributed by atoms with Gasteiger partial charge in [0.2, 0.25) is 0 Å². The second-order valence-corrected chi connectivity index (χ2v) is 5.08. The van der Waals surface area contributed by atoms with Crippen LogP contribution in [0.1, 0.15) is 15.4 Å². The number of hydrogen-bond acceptors (Lipinski definition) is 4. The minimum Gasteiger partial charge on any atom is -0.486 e. The van der Waals surface area contributed by atoms with Crippen molar-refractivity contribution in [2.45, 2.75) is 13.5 Å². The molecule has 0 saturated heterocycles. The number of ether oxygens (including phenoxy) is 1. The minimum atomic E-state index is -0.967. The van der Waals surface area contributed by atoms with Crippen LogP contribution in [0.4, 0.5) is 0 Å². The van der Waals surface area contributed by atoms with Crippen molar-refractivity contribution in [1.82, 2.24) is 4.98 Å². The molecule has 2 aromatic rings. The smallest absolute Gasteiger partial charge is 0.328 e. The first kappa shape index (κ1) is 13.3. The van der Waals surface area contributed by atoms with Gasteiger partial charge in [-0.2, -0.15) is 0 Å². The van der Waals surface area contributed by atoms with E-state index in [-0.39, 0.29) is 0 Å². The fraction of sp³-hybridized carbons (Fsp3) is 0.143. The summed E-state index contributed by atoms with van der Waals surface area (Å²) < 4.78 is 5.59. The summed E-state index contributed by atoms with van der Waals surface area (Å²) in [5.41, 5.74) is 1.18. The van der Waals surface area contributed by atoms with Crippen LogP contribution in [0.5, 0.6) is 5.75 Å². The lowest BCUT2D eigenvalue weighted by Crippen LogP contribution is -1.93. The Morgan fingerprint density at radius 2 is 2.16 bits per heavy atom. The maximum Gasteiger partial charge on any atom is 0.328 e. The van der Waals surface area contributed by atoms with Crippen LogP contribution in [-0.2, 0) is 11.4 Å². The minimum absolute atomic E-state index is 0.384. The first-order valence-electron chi connectivity index (χ1n) is 5.68. The zero-order valence-electron chi connectivity index (χ0n) is 10.4. The Balaban J connectivity index is 1.93. The van der Waals surface area contributed by atoms with E-state index in [0.29, 0.717) is 6.61 Å². The second-order valence-electron chi connectivity index (χ2n) is 3.93. The first-order valence-corrected chi connectivity index (χ1v) is 6.50. The highest BCUT2D eigenvalue weighted by molar-refractivity contribution is 7.12. The second kappa shape index (κ2) is 6.15. The fourth-order valence-electron chi connectivity index (χ4n) is 1.40. The Morgan fingerprint density at radius 1 is 1.42 bits per heavy atom. The molecule has 2 rings (SSSR count). The molecule has 0 amide bonds. The predicted octanol–water partition coefficient (Wildman–Crippen LogP) is 3.13. The van der Waals surface area contributed by atoms with Crippen LogP contribution in [0.2, 0.25) is 0 Å². The van der Waals surface area contributed by atoms with E-state index in [0.717, 1.165) is 21.7 Å². The van der Waals surface area contributed by atoms with Gasteiger partial charge in [0.05, 0.1) is 0 Å². The van der Waals surface area contributed by atoms with Crippen molar-refractivity contribution in [1.29, 1.82) is 0 Å². The molecular weight excluding hydrogens is 262 g/mol. The van der Waals surface area contributed by atoms with E-state index >= 15 is 0 Å². The molecule has 0 aliphatic carbocycles. The van der Waals surface area contributed by atoms with Crippen LogP contribution in [-0.4, -0.2) is 16.1 Å². The van der Waals surface area contributed by atoms with Gasteiger partial charge in [-0.15, -0.1) is 11.3 Å². The van der Waals surface area contributed by atoms with E-state index in [1.807, 2.05) is 31.2 Å². The third kappa shape index (κ3) is 4.22. The first-order chi connectivity index (χ1) is 9.13. The highest BCUT2D eigenvalue weighted by atomic mass is 32.1. The average Bonchev–Trinajstić information content (AvgIpc) is 2.84. The van der Waals surface area contributed by atoms with Gasteiger partial charge in [0.15, 0.2) is 0 Å². The maximum atomic E-state index is 10.4. The third-order valence-corrected chi connectivity index (χ3v) is 3.28. The van der Waals surface area contributed by atoms with E-state index in [2.05, 4.69) is 4.98 Å². The molecule has 0 spiro atoms. The van der Waals surface area contributed by atoms with Crippen molar-refractivity contribution in [2.75, 3.05) is 0 Å². The van der Waals surface area contributed by atoms with Gasteiger partial charge < -0.3 is 9.84 Å². The van der Waals surface area contributed by atoms with E-state index in [9.17, 15) is 4.79 Å². The van der Waals surface area contributed by atoms with Gasteiger partial charge >= 0.3 is 5.97 Å². The molecule has 1 heterocycles. The summed E-state index contributed by atoms with van der Waals surface area (Å²) in [6.45, 7) is 2.40. The summed E-state index contributed by atoms with van der Waals surface area (Å²) in [5.74, 6) is -0.172. The number of nitrogens with zero attached hydrogens (tertiary/aromatic N) is 1. The third-order valence-electron chi connectivity index (χ3n) is 2.34. The summed E-state index contributed by atoms with van der Waals surface area (Å²) in [5, 5.41) is 9.34. The van der Waals surface area contributed by atoms with E-state index in [1.54, 1.807) is 6.20 Å². The molecule has 1 aromatic carbocycles. The molecule has 0 fully saturated rings. The van der Waals surface area contributed by atoms with E-state index in [1.165, 1.54) is 23.0 Å². The number of hydrogen-bond donors (Lipinski definition) is 1. The largest absolute Gasteiger partial charge is 0.486 e.